The van der Waals surface area contributed by atoms with Gasteiger partial charge in [-0.05, 0) is 20.3 Å². The highest BCUT2D eigenvalue weighted by Crippen LogP contribution is 2.26. The number of hydrogen-bond donors (Lipinski definition) is 2. The molecule has 0 amide bonds. The summed E-state index contributed by atoms with van der Waals surface area (Å²) in [5.41, 5.74) is 6.58. The molecule has 3 nitrogen and oxygen atoms in total. The molecule has 1 aromatic rings. The molecule has 3 N–H and O–H groups in total. The van der Waals surface area contributed by atoms with Crippen molar-refractivity contribution in [3.8, 4) is 0 Å². The Morgan fingerprint density at radius 2 is 2.36 bits per heavy atom. The maximum Gasteiger partial charge on any atom is 0.113 e. The van der Waals surface area contributed by atoms with Gasteiger partial charge >= 0.3 is 0 Å². The Labute approximate surface area is 89.7 Å². The van der Waals surface area contributed by atoms with Gasteiger partial charge in [-0.15, -0.1) is 11.3 Å². The second-order valence-corrected chi connectivity index (χ2v) is 4.55. The molecule has 1 heterocycles. The summed E-state index contributed by atoms with van der Waals surface area (Å²) in [5, 5.41) is 6.70. The normalized spacial score (nSPS) is 15.4. The summed E-state index contributed by atoms with van der Waals surface area (Å²) in [5.74, 6) is 0. The third-order valence-electron chi connectivity index (χ3n) is 2.46. The molecule has 4 heteroatoms. The van der Waals surface area contributed by atoms with E-state index in [-0.39, 0.29) is 5.54 Å². The second-order valence-electron chi connectivity index (χ2n) is 3.70. The fourth-order valence-electron chi connectivity index (χ4n) is 1.31. The fourth-order valence-corrected chi connectivity index (χ4v) is 2.32. The van der Waals surface area contributed by atoms with E-state index in [1.165, 1.54) is 0 Å². The van der Waals surface area contributed by atoms with Crippen LogP contribution in [0.25, 0.3) is 0 Å². The van der Waals surface area contributed by atoms with Gasteiger partial charge in [0.05, 0.1) is 5.54 Å². The van der Waals surface area contributed by atoms with Gasteiger partial charge in [-0.25, -0.2) is 4.98 Å². The van der Waals surface area contributed by atoms with Crippen LogP contribution in [0.1, 0.15) is 31.0 Å². The summed E-state index contributed by atoms with van der Waals surface area (Å²) in [6.45, 7) is 7.88. The van der Waals surface area contributed by atoms with Crippen molar-refractivity contribution in [2.75, 3.05) is 13.1 Å². The van der Waals surface area contributed by atoms with Crippen LogP contribution < -0.4 is 11.1 Å². The van der Waals surface area contributed by atoms with Crippen molar-refractivity contribution in [3.05, 3.63) is 16.1 Å². The molecule has 1 atom stereocenters. The molecule has 1 rings (SSSR count). The maximum atomic E-state index is 5.49. The lowest BCUT2D eigenvalue weighted by Gasteiger charge is -2.27. The minimum atomic E-state index is -0.0156. The Balaban J connectivity index is 2.78. The first-order valence-electron chi connectivity index (χ1n) is 5.00. The van der Waals surface area contributed by atoms with Crippen LogP contribution in [-0.2, 0) is 5.54 Å². The van der Waals surface area contributed by atoms with Crippen LogP contribution in [0.3, 0.4) is 0 Å². The largest absolute Gasteiger partial charge is 0.329 e. The highest BCUT2D eigenvalue weighted by Gasteiger charge is 2.26. The van der Waals surface area contributed by atoms with Gasteiger partial charge in [0, 0.05) is 24.2 Å². The van der Waals surface area contributed by atoms with Gasteiger partial charge in [0.1, 0.15) is 5.01 Å². The van der Waals surface area contributed by atoms with E-state index in [0.29, 0.717) is 6.54 Å². The summed E-state index contributed by atoms with van der Waals surface area (Å²) in [6.07, 6.45) is 1.03. The van der Waals surface area contributed by atoms with Gasteiger partial charge in [-0.1, -0.05) is 6.92 Å². The summed E-state index contributed by atoms with van der Waals surface area (Å²) >= 11 is 1.72. The molecule has 80 valence electrons. The smallest absolute Gasteiger partial charge is 0.113 e. The molecule has 1 unspecified atom stereocenters. The third-order valence-corrected chi connectivity index (χ3v) is 3.68. The molecule has 0 spiro atoms. The van der Waals surface area contributed by atoms with E-state index in [0.717, 1.165) is 23.7 Å². The number of aryl methyl sites for hydroxylation is 1. The fraction of sp³-hybridized carbons (Fsp3) is 0.700. The molecule has 0 aliphatic heterocycles. The van der Waals surface area contributed by atoms with Crippen LogP contribution in [-0.4, -0.2) is 18.1 Å². The van der Waals surface area contributed by atoms with Gasteiger partial charge < -0.3 is 11.1 Å². The van der Waals surface area contributed by atoms with Crippen LogP contribution in [0.2, 0.25) is 0 Å². The maximum absolute atomic E-state index is 5.49. The van der Waals surface area contributed by atoms with Crippen molar-refractivity contribution in [2.45, 2.75) is 32.7 Å². The molecule has 0 bridgehead atoms. The molecular weight excluding hydrogens is 194 g/mol. The Morgan fingerprint density at radius 3 is 2.79 bits per heavy atom. The van der Waals surface area contributed by atoms with E-state index in [1.54, 1.807) is 11.3 Å². The Hall–Kier alpha value is -0.450. The highest BCUT2D eigenvalue weighted by atomic mass is 32.1. The minimum Gasteiger partial charge on any atom is -0.329 e. The lowest BCUT2D eigenvalue weighted by atomic mass is 10.00. The number of nitrogens with zero attached hydrogens (tertiary/aromatic N) is 1. The quantitative estimate of drug-likeness (QED) is 0.781. The SMILES string of the molecule is CCC(C)(NCCN)c1nc(C)cs1. The van der Waals surface area contributed by atoms with E-state index in [4.69, 9.17) is 5.73 Å². The Bertz CT molecular complexity index is 285. The molecule has 0 aromatic carbocycles. The summed E-state index contributed by atoms with van der Waals surface area (Å²) in [4.78, 5) is 4.52. The van der Waals surface area contributed by atoms with Crippen molar-refractivity contribution in [1.29, 1.82) is 0 Å². The summed E-state index contributed by atoms with van der Waals surface area (Å²) in [6, 6.07) is 0. The molecule has 0 aliphatic carbocycles. The highest BCUT2D eigenvalue weighted by molar-refractivity contribution is 7.09. The van der Waals surface area contributed by atoms with Crippen molar-refractivity contribution in [1.82, 2.24) is 10.3 Å². The first-order valence-corrected chi connectivity index (χ1v) is 5.88. The van der Waals surface area contributed by atoms with E-state index >= 15 is 0 Å². The first-order chi connectivity index (χ1) is 6.62. The number of nitrogens with one attached hydrogen (secondary N) is 1. The summed E-state index contributed by atoms with van der Waals surface area (Å²) in [7, 11) is 0. The van der Waals surface area contributed by atoms with Gasteiger partial charge in [0.15, 0.2) is 0 Å². The number of hydrogen-bond acceptors (Lipinski definition) is 4. The zero-order chi connectivity index (χ0) is 10.6. The van der Waals surface area contributed by atoms with Gasteiger partial charge in [0.2, 0.25) is 0 Å². The minimum absolute atomic E-state index is 0.0156. The molecular formula is C10H19N3S. The van der Waals surface area contributed by atoms with Gasteiger partial charge in [-0.3, -0.25) is 0 Å². The topological polar surface area (TPSA) is 50.9 Å². The first kappa shape index (κ1) is 11.6. The van der Waals surface area contributed by atoms with Crippen molar-refractivity contribution < 1.29 is 0 Å². The van der Waals surface area contributed by atoms with E-state index in [9.17, 15) is 0 Å². The Kier molecular flexibility index (Phi) is 4.04. The van der Waals surface area contributed by atoms with Gasteiger partial charge in [-0.2, -0.15) is 0 Å². The molecule has 1 aromatic heterocycles. The van der Waals surface area contributed by atoms with Crippen molar-refractivity contribution >= 4 is 11.3 Å². The van der Waals surface area contributed by atoms with Crippen LogP contribution in [0.5, 0.6) is 0 Å². The molecule has 0 fully saturated rings. The van der Waals surface area contributed by atoms with Crippen molar-refractivity contribution in [2.24, 2.45) is 5.73 Å². The molecule has 14 heavy (non-hydrogen) atoms. The van der Waals surface area contributed by atoms with E-state index in [2.05, 4.69) is 29.5 Å². The van der Waals surface area contributed by atoms with Crippen LogP contribution in [0.4, 0.5) is 0 Å². The van der Waals surface area contributed by atoms with Crippen LogP contribution in [0, 0.1) is 6.92 Å². The molecule has 0 radical (unpaired) electrons. The lowest BCUT2D eigenvalue weighted by Crippen LogP contribution is -2.41. The standard InChI is InChI=1S/C10H19N3S/c1-4-10(3,12-6-5-11)9-13-8(2)7-14-9/h7,12H,4-6,11H2,1-3H3. The molecule has 0 saturated heterocycles. The number of thiazole rings is 1. The van der Waals surface area contributed by atoms with Crippen LogP contribution >= 0.6 is 11.3 Å². The zero-order valence-electron chi connectivity index (χ0n) is 9.13. The predicted octanol–water partition coefficient (Wildman–Crippen LogP) is 1.63. The van der Waals surface area contributed by atoms with E-state index in [1.807, 2.05) is 6.92 Å². The monoisotopic (exact) mass is 213 g/mol. The predicted molar refractivity (Wildman–Crippen MR) is 61.6 cm³/mol. The Morgan fingerprint density at radius 1 is 1.64 bits per heavy atom. The summed E-state index contributed by atoms with van der Waals surface area (Å²) < 4.78 is 0. The number of rotatable bonds is 5. The second kappa shape index (κ2) is 4.87. The van der Waals surface area contributed by atoms with Crippen molar-refractivity contribution in [3.63, 3.8) is 0 Å². The number of aromatic nitrogens is 1. The van der Waals surface area contributed by atoms with Crippen LogP contribution in [0.15, 0.2) is 5.38 Å². The average Bonchev–Trinajstić information content (AvgIpc) is 2.62. The molecule has 0 aliphatic rings. The zero-order valence-corrected chi connectivity index (χ0v) is 9.95. The third kappa shape index (κ3) is 2.53. The lowest BCUT2D eigenvalue weighted by molar-refractivity contribution is 0.357. The van der Waals surface area contributed by atoms with Gasteiger partial charge in [0.25, 0.3) is 0 Å². The molecule has 0 saturated carbocycles. The number of nitrogens with two attached hydrogens (primary N) is 1. The van der Waals surface area contributed by atoms with E-state index < -0.39 is 0 Å². The average molecular weight is 213 g/mol.